The number of fused-ring (bicyclic) bond motifs is 1. The van der Waals surface area contributed by atoms with Crippen LogP contribution in [0.25, 0.3) is 11.0 Å². The summed E-state index contributed by atoms with van der Waals surface area (Å²) in [5.74, 6) is -0.416. The summed E-state index contributed by atoms with van der Waals surface area (Å²) in [6.45, 7) is 2.08. The Hall–Kier alpha value is -2.55. The third-order valence-electron chi connectivity index (χ3n) is 4.63. The van der Waals surface area contributed by atoms with Gasteiger partial charge in [-0.2, -0.15) is 8.42 Å². The molecule has 1 aliphatic rings. The number of aliphatic hydroxyl groups is 2. The fourth-order valence-electron chi connectivity index (χ4n) is 3.22. The van der Waals surface area contributed by atoms with Crippen LogP contribution < -0.4 is 15.7 Å². The van der Waals surface area contributed by atoms with Gasteiger partial charge in [-0.3, -0.25) is 9.35 Å². The number of rotatable bonds is 6. The second-order valence-electron chi connectivity index (χ2n) is 6.99. The number of amides is 1. The number of carbonyl (C=O) groups is 1. The summed E-state index contributed by atoms with van der Waals surface area (Å²) in [6, 6.07) is 4.65. The van der Waals surface area contributed by atoms with E-state index in [0.29, 0.717) is 10.9 Å². The molecular weight excluding hydrogens is 438 g/mol. The molecule has 3 rings (SSSR count). The second-order valence-corrected chi connectivity index (χ2v) is 8.08. The average molecular weight is 459 g/mol. The van der Waals surface area contributed by atoms with Crippen molar-refractivity contribution in [1.82, 2.24) is 5.32 Å². The number of hydrogen-bond donors (Lipinski definition) is 4. The minimum atomic E-state index is -4.83. The lowest BCUT2D eigenvalue weighted by molar-refractivity contribution is -0.242. The highest BCUT2D eigenvalue weighted by molar-refractivity contribution is 7.80. The Kier molecular flexibility index (Phi) is 6.64. The van der Waals surface area contributed by atoms with Gasteiger partial charge in [-0.1, -0.05) is 0 Å². The van der Waals surface area contributed by atoms with Crippen molar-refractivity contribution < 1.29 is 46.1 Å². The predicted octanol–water partition coefficient (Wildman–Crippen LogP) is -0.749. The van der Waals surface area contributed by atoms with Gasteiger partial charge >= 0.3 is 16.0 Å². The molecule has 0 saturated carbocycles. The fraction of sp³-hybridized carbons (Fsp3) is 0.444. The van der Waals surface area contributed by atoms with E-state index in [2.05, 4.69) is 9.50 Å². The maximum Gasteiger partial charge on any atom is 0.397 e. The second kappa shape index (κ2) is 8.90. The Bertz CT molecular complexity index is 1130. The lowest BCUT2D eigenvalue weighted by Crippen LogP contribution is -2.65. The molecule has 0 unspecified atom stereocenters. The molecule has 1 fully saturated rings. The smallest absolute Gasteiger partial charge is 0.397 e. The van der Waals surface area contributed by atoms with Gasteiger partial charge in [0, 0.05) is 24.4 Å². The molecule has 12 nitrogen and oxygen atoms in total. The Labute approximate surface area is 176 Å². The topological polar surface area (TPSA) is 182 Å². The monoisotopic (exact) mass is 459 g/mol. The van der Waals surface area contributed by atoms with Crippen LogP contribution in [0, 0.1) is 6.92 Å². The predicted molar refractivity (Wildman–Crippen MR) is 104 cm³/mol. The zero-order valence-corrected chi connectivity index (χ0v) is 17.2. The van der Waals surface area contributed by atoms with Gasteiger partial charge in [0.05, 0.1) is 6.61 Å². The van der Waals surface area contributed by atoms with Gasteiger partial charge in [0.2, 0.25) is 12.2 Å². The average Bonchev–Trinajstić information content (AvgIpc) is 2.65. The highest BCUT2D eigenvalue weighted by atomic mass is 32.3. The van der Waals surface area contributed by atoms with Crippen LogP contribution in [-0.4, -0.2) is 66.3 Å². The Morgan fingerprint density at radius 2 is 1.94 bits per heavy atom. The number of carbonyl (C=O) groups excluding carboxylic acids is 1. The quantitative estimate of drug-likeness (QED) is 0.315. The molecule has 2 heterocycles. The number of ether oxygens (including phenoxy) is 2. The van der Waals surface area contributed by atoms with Gasteiger partial charge in [-0.25, -0.2) is 8.98 Å². The van der Waals surface area contributed by atoms with Crippen LogP contribution in [0.15, 0.2) is 33.5 Å². The summed E-state index contributed by atoms with van der Waals surface area (Å²) >= 11 is 0. The van der Waals surface area contributed by atoms with E-state index in [4.69, 9.17) is 18.4 Å². The van der Waals surface area contributed by atoms with Crippen LogP contribution in [0.4, 0.5) is 0 Å². The molecule has 0 spiro atoms. The van der Waals surface area contributed by atoms with Crippen molar-refractivity contribution in [2.75, 3.05) is 6.61 Å². The molecule has 4 N–H and O–H groups in total. The molecule has 2 aromatic rings. The zero-order valence-electron chi connectivity index (χ0n) is 16.4. The normalized spacial score (nSPS) is 26.5. The van der Waals surface area contributed by atoms with Crippen molar-refractivity contribution in [2.45, 2.75) is 44.5 Å². The number of benzene rings is 1. The summed E-state index contributed by atoms with van der Waals surface area (Å²) in [7, 11) is -4.83. The number of hydrogen-bond acceptors (Lipinski definition) is 10. The van der Waals surface area contributed by atoms with Gasteiger partial charge in [0.1, 0.15) is 35.7 Å². The molecule has 1 amide bonds. The Morgan fingerprint density at radius 1 is 1.23 bits per heavy atom. The standard InChI is InChI=1S/C18H21NO11S/c1-8-5-14(21)29-12-6-10(3-4-11(8)12)28-18-15(19-9(2)20)17(23)16(22)13(30-18)7-27-31(24,25)26/h3-6,13,15-18,22-23H,7H2,1-2H3,(H,19,20)(H,24,25,26)/t13-,15+,16+,17+,18-/m1/s1. The van der Waals surface area contributed by atoms with E-state index >= 15 is 0 Å². The molecule has 31 heavy (non-hydrogen) atoms. The molecule has 170 valence electrons. The van der Waals surface area contributed by atoms with Gasteiger partial charge < -0.3 is 29.4 Å². The maximum atomic E-state index is 11.6. The highest BCUT2D eigenvalue weighted by Gasteiger charge is 2.46. The van der Waals surface area contributed by atoms with Crippen LogP contribution in [0.5, 0.6) is 5.75 Å². The minimum absolute atomic E-state index is 0.139. The van der Waals surface area contributed by atoms with Crippen molar-refractivity contribution in [1.29, 1.82) is 0 Å². The van der Waals surface area contributed by atoms with Crippen LogP contribution in [0.1, 0.15) is 12.5 Å². The van der Waals surface area contributed by atoms with Crippen LogP contribution in [0.3, 0.4) is 0 Å². The fourth-order valence-corrected chi connectivity index (χ4v) is 3.53. The molecule has 1 aliphatic heterocycles. The van der Waals surface area contributed by atoms with E-state index in [9.17, 15) is 28.2 Å². The van der Waals surface area contributed by atoms with Crippen molar-refractivity contribution in [3.05, 3.63) is 40.2 Å². The van der Waals surface area contributed by atoms with E-state index in [1.165, 1.54) is 25.1 Å². The molecule has 5 atom stereocenters. The Morgan fingerprint density at radius 3 is 2.58 bits per heavy atom. The molecule has 0 aliphatic carbocycles. The molecule has 13 heteroatoms. The summed E-state index contributed by atoms with van der Waals surface area (Å²) in [5, 5.41) is 23.7. The SMILES string of the molecule is CC(=O)N[C@@H]1[C@H](Oc2ccc3c(C)cc(=O)oc3c2)O[C@H](COS(=O)(=O)O)[C@H](O)[C@H]1O. The van der Waals surface area contributed by atoms with E-state index in [1.807, 2.05) is 0 Å². The Balaban J connectivity index is 1.89. The third-order valence-corrected chi connectivity index (χ3v) is 5.06. The van der Waals surface area contributed by atoms with Crippen molar-refractivity contribution in [3.63, 3.8) is 0 Å². The maximum absolute atomic E-state index is 11.6. The van der Waals surface area contributed by atoms with Crippen molar-refractivity contribution in [2.24, 2.45) is 0 Å². The van der Waals surface area contributed by atoms with E-state index < -0.39 is 59.2 Å². The molecule has 1 aromatic carbocycles. The molecular formula is C18H21NO11S. The summed E-state index contributed by atoms with van der Waals surface area (Å²) < 4.78 is 51.0. The van der Waals surface area contributed by atoms with Crippen LogP contribution in [-0.2, 0) is 24.1 Å². The van der Waals surface area contributed by atoms with E-state index in [-0.39, 0.29) is 11.3 Å². The van der Waals surface area contributed by atoms with Crippen LogP contribution >= 0.6 is 0 Å². The summed E-state index contributed by atoms with van der Waals surface area (Å²) in [4.78, 5) is 23.2. The molecule has 0 radical (unpaired) electrons. The number of nitrogens with one attached hydrogen (secondary N) is 1. The van der Waals surface area contributed by atoms with E-state index in [1.54, 1.807) is 13.0 Å². The summed E-state index contributed by atoms with van der Waals surface area (Å²) in [6.07, 6.45) is -6.12. The van der Waals surface area contributed by atoms with E-state index in [0.717, 1.165) is 0 Å². The van der Waals surface area contributed by atoms with Gasteiger partial charge in [0.25, 0.3) is 0 Å². The summed E-state index contributed by atoms with van der Waals surface area (Å²) in [5.41, 5.74) is 0.346. The lowest BCUT2D eigenvalue weighted by atomic mass is 9.97. The largest absolute Gasteiger partial charge is 0.462 e. The van der Waals surface area contributed by atoms with Crippen molar-refractivity contribution >= 4 is 27.3 Å². The molecule has 0 bridgehead atoms. The third kappa shape index (κ3) is 5.58. The van der Waals surface area contributed by atoms with Gasteiger partial charge in [0.15, 0.2) is 0 Å². The number of aryl methyl sites for hydroxylation is 1. The van der Waals surface area contributed by atoms with Crippen molar-refractivity contribution in [3.8, 4) is 5.75 Å². The lowest BCUT2D eigenvalue weighted by Gasteiger charge is -2.42. The van der Waals surface area contributed by atoms with Gasteiger partial charge in [-0.05, 0) is 24.6 Å². The van der Waals surface area contributed by atoms with Gasteiger partial charge in [-0.15, -0.1) is 0 Å². The first kappa shape index (κ1) is 23.1. The zero-order chi connectivity index (χ0) is 22.9. The highest BCUT2D eigenvalue weighted by Crippen LogP contribution is 2.27. The first-order valence-electron chi connectivity index (χ1n) is 9.06. The minimum Gasteiger partial charge on any atom is -0.462 e. The first-order chi connectivity index (χ1) is 14.4. The number of aliphatic hydroxyl groups excluding tert-OH is 2. The molecule has 1 saturated heterocycles. The van der Waals surface area contributed by atoms with Crippen LogP contribution in [0.2, 0.25) is 0 Å². The molecule has 1 aromatic heterocycles. The first-order valence-corrected chi connectivity index (χ1v) is 10.4.